The number of hydrogen-bond acceptors (Lipinski definition) is 3. The lowest BCUT2D eigenvalue weighted by Crippen LogP contribution is -2.60. The van der Waals surface area contributed by atoms with Crippen molar-refractivity contribution in [2.75, 3.05) is 13.7 Å². The van der Waals surface area contributed by atoms with Crippen molar-refractivity contribution in [2.45, 2.75) is 31.6 Å². The summed E-state index contributed by atoms with van der Waals surface area (Å²) in [6.07, 6.45) is 1.15. The highest BCUT2D eigenvalue weighted by molar-refractivity contribution is 6.32. The monoisotopic (exact) mass is 255 g/mol. The van der Waals surface area contributed by atoms with E-state index < -0.39 is 0 Å². The van der Waals surface area contributed by atoms with E-state index in [1.54, 1.807) is 0 Å². The molecule has 1 fully saturated rings. The van der Waals surface area contributed by atoms with Crippen LogP contribution in [0.1, 0.15) is 13.3 Å². The number of likely N-dealkylation sites (N-methyl/N-ethyl adjacent to an activating group) is 1. The molecule has 1 aromatic carbocycles. The van der Waals surface area contributed by atoms with E-state index in [1.165, 1.54) is 0 Å². The molecule has 17 heavy (non-hydrogen) atoms. The summed E-state index contributed by atoms with van der Waals surface area (Å²) < 4.78 is 11.6. The summed E-state index contributed by atoms with van der Waals surface area (Å²) in [7, 11) is 1.95. The van der Waals surface area contributed by atoms with Gasteiger partial charge in [0.25, 0.3) is 0 Å². The third kappa shape index (κ3) is 2.73. The molecule has 0 amide bonds. The fraction of sp³-hybridized carbons (Fsp3) is 0.538. The molecule has 2 rings (SSSR count). The average molecular weight is 256 g/mol. The van der Waals surface area contributed by atoms with Crippen LogP contribution in [0.3, 0.4) is 0 Å². The molecule has 0 aliphatic heterocycles. The van der Waals surface area contributed by atoms with E-state index in [1.807, 2.05) is 38.2 Å². The molecule has 0 bridgehead atoms. The van der Waals surface area contributed by atoms with Gasteiger partial charge in [0.15, 0.2) is 0 Å². The van der Waals surface area contributed by atoms with E-state index in [9.17, 15) is 0 Å². The van der Waals surface area contributed by atoms with Gasteiger partial charge in [0.1, 0.15) is 18.0 Å². The Morgan fingerprint density at radius 1 is 1.41 bits per heavy atom. The van der Waals surface area contributed by atoms with Crippen LogP contribution in [-0.2, 0) is 4.74 Å². The van der Waals surface area contributed by atoms with Gasteiger partial charge in [-0.1, -0.05) is 23.7 Å². The standard InChI is InChI=1S/C13H18ClNO2/c1-3-16-13-10(15-2)8-12(13)17-11-7-5-4-6-9(11)14/h4-7,10,12-13,15H,3,8H2,1-2H3. The lowest BCUT2D eigenvalue weighted by molar-refractivity contribution is -0.103. The Balaban J connectivity index is 1.98. The Hall–Kier alpha value is -0.770. The van der Waals surface area contributed by atoms with E-state index in [0.717, 1.165) is 12.2 Å². The number of halogens is 1. The minimum atomic E-state index is 0.0901. The van der Waals surface area contributed by atoms with Gasteiger partial charge in [-0.05, 0) is 26.1 Å². The molecule has 1 aromatic rings. The molecule has 1 aliphatic rings. The summed E-state index contributed by atoms with van der Waals surface area (Å²) in [5.41, 5.74) is 0. The van der Waals surface area contributed by atoms with E-state index in [0.29, 0.717) is 17.7 Å². The molecule has 0 saturated heterocycles. The normalized spacial score (nSPS) is 27.6. The molecule has 0 spiro atoms. The van der Waals surface area contributed by atoms with Gasteiger partial charge in [0, 0.05) is 19.1 Å². The van der Waals surface area contributed by atoms with Crippen LogP contribution in [0.5, 0.6) is 5.75 Å². The first kappa shape index (κ1) is 12.7. The molecule has 3 unspecified atom stereocenters. The maximum absolute atomic E-state index is 6.06. The van der Waals surface area contributed by atoms with Crippen LogP contribution >= 0.6 is 11.6 Å². The molecule has 1 saturated carbocycles. The molecule has 0 radical (unpaired) electrons. The Labute approximate surface area is 107 Å². The molecule has 94 valence electrons. The van der Waals surface area contributed by atoms with Crippen molar-refractivity contribution in [2.24, 2.45) is 0 Å². The van der Waals surface area contributed by atoms with Gasteiger partial charge >= 0.3 is 0 Å². The quantitative estimate of drug-likeness (QED) is 0.877. The maximum Gasteiger partial charge on any atom is 0.138 e. The summed E-state index contributed by atoms with van der Waals surface area (Å²) in [5.74, 6) is 0.735. The molecular weight excluding hydrogens is 238 g/mol. The number of rotatable bonds is 5. The van der Waals surface area contributed by atoms with Gasteiger partial charge in [-0.2, -0.15) is 0 Å². The Morgan fingerprint density at radius 3 is 2.82 bits per heavy atom. The summed E-state index contributed by atoms with van der Waals surface area (Å²) in [6, 6.07) is 7.92. The van der Waals surface area contributed by atoms with Crippen LogP contribution in [0.4, 0.5) is 0 Å². The molecule has 3 atom stereocenters. The van der Waals surface area contributed by atoms with Crippen LogP contribution in [0.2, 0.25) is 5.02 Å². The Kier molecular flexibility index (Phi) is 4.26. The summed E-state index contributed by atoms with van der Waals surface area (Å²) in [4.78, 5) is 0. The van der Waals surface area contributed by atoms with Gasteiger partial charge < -0.3 is 14.8 Å². The van der Waals surface area contributed by atoms with E-state index in [2.05, 4.69) is 5.32 Å². The molecule has 0 heterocycles. The minimum Gasteiger partial charge on any atom is -0.486 e. The van der Waals surface area contributed by atoms with Crippen molar-refractivity contribution in [3.63, 3.8) is 0 Å². The lowest BCUT2D eigenvalue weighted by Gasteiger charge is -2.43. The van der Waals surface area contributed by atoms with E-state index in [-0.39, 0.29) is 12.2 Å². The highest BCUT2D eigenvalue weighted by atomic mass is 35.5. The van der Waals surface area contributed by atoms with Crippen molar-refractivity contribution in [3.05, 3.63) is 29.3 Å². The highest BCUT2D eigenvalue weighted by Crippen LogP contribution is 2.32. The van der Waals surface area contributed by atoms with Gasteiger partial charge in [-0.3, -0.25) is 0 Å². The second-order valence-corrected chi connectivity index (χ2v) is 4.54. The average Bonchev–Trinajstić information content (AvgIpc) is 2.33. The first-order chi connectivity index (χ1) is 8.26. The fourth-order valence-electron chi connectivity index (χ4n) is 2.10. The largest absolute Gasteiger partial charge is 0.486 e. The predicted octanol–water partition coefficient (Wildman–Crippen LogP) is 2.48. The number of nitrogens with one attached hydrogen (secondary N) is 1. The minimum absolute atomic E-state index is 0.0901. The van der Waals surface area contributed by atoms with Crippen molar-refractivity contribution in [3.8, 4) is 5.75 Å². The molecule has 4 heteroatoms. The third-order valence-corrected chi connectivity index (χ3v) is 3.41. The zero-order valence-corrected chi connectivity index (χ0v) is 10.9. The van der Waals surface area contributed by atoms with Gasteiger partial charge in [-0.15, -0.1) is 0 Å². The van der Waals surface area contributed by atoms with Crippen LogP contribution in [0.25, 0.3) is 0 Å². The van der Waals surface area contributed by atoms with Gasteiger partial charge in [0.2, 0.25) is 0 Å². The van der Waals surface area contributed by atoms with Gasteiger partial charge in [0.05, 0.1) is 5.02 Å². The molecule has 3 nitrogen and oxygen atoms in total. The van der Waals surface area contributed by atoms with Crippen LogP contribution < -0.4 is 10.1 Å². The van der Waals surface area contributed by atoms with Crippen molar-refractivity contribution in [1.82, 2.24) is 5.32 Å². The topological polar surface area (TPSA) is 30.5 Å². The zero-order chi connectivity index (χ0) is 12.3. The van der Waals surface area contributed by atoms with Gasteiger partial charge in [-0.25, -0.2) is 0 Å². The first-order valence-electron chi connectivity index (χ1n) is 5.96. The second-order valence-electron chi connectivity index (χ2n) is 4.14. The molecule has 1 N–H and O–H groups in total. The lowest BCUT2D eigenvalue weighted by atomic mass is 9.85. The molecular formula is C13H18ClNO2. The van der Waals surface area contributed by atoms with Crippen LogP contribution in [0.15, 0.2) is 24.3 Å². The highest BCUT2D eigenvalue weighted by Gasteiger charge is 2.42. The SMILES string of the molecule is CCOC1C(NC)CC1Oc1ccccc1Cl. The third-order valence-electron chi connectivity index (χ3n) is 3.09. The van der Waals surface area contributed by atoms with Crippen molar-refractivity contribution < 1.29 is 9.47 Å². The summed E-state index contributed by atoms with van der Waals surface area (Å²) in [5, 5.41) is 3.88. The second kappa shape index (κ2) is 5.71. The summed E-state index contributed by atoms with van der Waals surface area (Å²) in [6.45, 7) is 2.70. The number of hydrogen-bond donors (Lipinski definition) is 1. The first-order valence-corrected chi connectivity index (χ1v) is 6.34. The van der Waals surface area contributed by atoms with Crippen molar-refractivity contribution in [1.29, 1.82) is 0 Å². The maximum atomic E-state index is 6.06. The number of ether oxygens (including phenoxy) is 2. The Bertz CT molecular complexity index is 372. The summed E-state index contributed by atoms with van der Waals surface area (Å²) >= 11 is 6.06. The van der Waals surface area contributed by atoms with E-state index in [4.69, 9.17) is 21.1 Å². The molecule has 0 aromatic heterocycles. The van der Waals surface area contributed by atoms with E-state index >= 15 is 0 Å². The zero-order valence-electron chi connectivity index (χ0n) is 10.2. The molecule has 1 aliphatic carbocycles. The number of benzene rings is 1. The predicted molar refractivity (Wildman–Crippen MR) is 68.7 cm³/mol. The smallest absolute Gasteiger partial charge is 0.138 e. The Morgan fingerprint density at radius 2 is 2.18 bits per heavy atom. The number of para-hydroxylation sites is 1. The van der Waals surface area contributed by atoms with Crippen molar-refractivity contribution >= 4 is 11.6 Å². The fourth-order valence-corrected chi connectivity index (χ4v) is 2.28. The van der Waals surface area contributed by atoms with Crippen LogP contribution in [0, 0.1) is 0 Å². The van der Waals surface area contributed by atoms with Crippen LogP contribution in [-0.4, -0.2) is 31.9 Å².